The molecule has 0 radical (unpaired) electrons. The lowest BCUT2D eigenvalue weighted by Gasteiger charge is -2.41. The zero-order chi connectivity index (χ0) is 30.0. The van der Waals surface area contributed by atoms with Gasteiger partial charge in [-0.15, -0.1) is 0 Å². The largest absolute Gasteiger partial charge is 0.478 e. The second-order valence-electron chi connectivity index (χ2n) is 9.69. The van der Waals surface area contributed by atoms with Crippen LogP contribution in [0.5, 0.6) is 0 Å². The van der Waals surface area contributed by atoms with E-state index in [0.29, 0.717) is 16.9 Å². The highest BCUT2D eigenvalue weighted by molar-refractivity contribution is 5.88. The summed E-state index contributed by atoms with van der Waals surface area (Å²) in [5.74, 6) is -5.38. The van der Waals surface area contributed by atoms with Crippen molar-refractivity contribution in [3.05, 3.63) is 84.0 Å². The lowest BCUT2D eigenvalue weighted by Crippen LogP contribution is -2.40. The topological polar surface area (TPSA) is 117 Å². The van der Waals surface area contributed by atoms with Crippen molar-refractivity contribution in [3.8, 4) is 0 Å². The molecular weight excluding hydrogens is 507 g/mol. The minimum absolute atomic E-state index is 0.142. The van der Waals surface area contributed by atoms with Crippen LogP contribution in [0.15, 0.2) is 84.0 Å². The smallest absolute Gasteiger partial charge is 0.335 e. The summed E-state index contributed by atoms with van der Waals surface area (Å²) in [4.78, 5) is 11.7. The molecule has 7 N–H and O–H groups in total. The molecule has 39 heavy (non-hydrogen) atoms. The molecule has 0 aromatic heterocycles. The summed E-state index contributed by atoms with van der Waals surface area (Å²) in [5, 5.41) is 14.4. The van der Waals surface area contributed by atoms with Gasteiger partial charge in [-0.3, -0.25) is 0 Å². The van der Waals surface area contributed by atoms with Gasteiger partial charge >= 0.3 is 5.97 Å². The second-order valence-corrected chi connectivity index (χ2v) is 9.69. The first-order valence-corrected chi connectivity index (χ1v) is 13.2. The highest BCUT2D eigenvalue weighted by atomic mass is 19.3. The molecule has 1 saturated carbocycles. The van der Waals surface area contributed by atoms with E-state index in [2.05, 4.69) is 30.7 Å². The third-order valence-electron chi connectivity index (χ3n) is 7.09. The molecule has 10 heteroatoms. The first kappa shape index (κ1) is 33.6. The molecule has 7 nitrogen and oxygen atoms in total. The molecule has 2 aliphatic heterocycles. The Kier molecular flexibility index (Phi) is 12.7. The number of rotatable bonds is 9. The van der Waals surface area contributed by atoms with Crippen molar-refractivity contribution in [3.63, 3.8) is 0 Å². The first-order valence-electron chi connectivity index (χ1n) is 13.2. The zero-order valence-corrected chi connectivity index (χ0v) is 23.7. The number of carboxylic acid groups (broad SMARTS) is 1. The van der Waals surface area contributed by atoms with Crippen LogP contribution in [0.3, 0.4) is 0 Å². The number of allylic oxidation sites excluding steroid dienone is 6. The van der Waals surface area contributed by atoms with Gasteiger partial charge in [-0.25, -0.2) is 18.0 Å². The minimum atomic E-state index is -2.99. The zero-order valence-electron chi connectivity index (χ0n) is 23.7. The Morgan fingerprint density at radius 2 is 2.03 bits per heavy atom. The van der Waals surface area contributed by atoms with Crippen molar-refractivity contribution in [1.29, 1.82) is 0 Å². The van der Waals surface area contributed by atoms with E-state index < -0.39 is 29.8 Å². The van der Waals surface area contributed by atoms with Gasteiger partial charge in [0.1, 0.15) is 12.0 Å². The van der Waals surface area contributed by atoms with E-state index in [1.54, 1.807) is 18.4 Å². The van der Waals surface area contributed by atoms with Crippen LogP contribution in [0, 0.1) is 11.3 Å². The number of nitrogens with two attached hydrogens (primary N) is 2. The molecule has 2 heterocycles. The second kappa shape index (κ2) is 14.7. The van der Waals surface area contributed by atoms with Gasteiger partial charge in [-0.1, -0.05) is 47.3 Å². The van der Waals surface area contributed by atoms with E-state index in [0.717, 1.165) is 26.0 Å². The lowest BCUT2D eigenvalue weighted by atomic mass is 9.67. The van der Waals surface area contributed by atoms with Crippen molar-refractivity contribution in [2.75, 3.05) is 6.54 Å². The van der Waals surface area contributed by atoms with Crippen molar-refractivity contribution in [1.82, 2.24) is 15.5 Å². The van der Waals surface area contributed by atoms with Crippen LogP contribution in [0.4, 0.5) is 13.2 Å². The predicted molar refractivity (Wildman–Crippen MR) is 151 cm³/mol. The minimum Gasteiger partial charge on any atom is -0.478 e. The molecule has 2 unspecified atom stereocenters. The summed E-state index contributed by atoms with van der Waals surface area (Å²) < 4.78 is 41.5. The quantitative estimate of drug-likeness (QED) is 0.232. The Bertz CT molecular complexity index is 1040. The van der Waals surface area contributed by atoms with Gasteiger partial charge in [0.2, 0.25) is 0 Å². The molecule has 2 atom stereocenters. The Morgan fingerprint density at radius 3 is 2.46 bits per heavy atom. The van der Waals surface area contributed by atoms with E-state index in [4.69, 9.17) is 16.6 Å². The van der Waals surface area contributed by atoms with Crippen molar-refractivity contribution in [2.45, 2.75) is 72.4 Å². The standard InChI is InChI=1S/C21H30F3N3.C6H8N2O2.C2H6/c1-6-21(8-7-9-21)13-26-19(25)10-14(2)27-12-17(22)11-18(16(27)4)15(3)20(5,23)24;7-5-4(6(9)10)2-1-3-8-5;1-2/h10-12,15,26H,2,4,6-9,13,25H2,1,3,5H3;1-3,5,8H,7H2,(H,9,10);1-2H3/b19-10+;;. The highest BCUT2D eigenvalue weighted by Gasteiger charge is 2.37. The summed E-state index contributed by atoms with van der Waals surface area (Å²) in [6.07, 6.45) is 12.6. The molecule has 0 aromatic carbocycles. The predicted octanol–water partition coefficient (Wildman–Crippen LogP) is 5.75. The number of nitrogens with one attached hydrogen (secondary N) is 2. The molecule has 0 spiro atoms. The third kappa shape index (κ3) is 9.38. The van der Waals surface area contributed by atoms with Crippen molar-refractivity contribution < 1.29 is 23.1 Å². The van der Waals surface area contributed by atoms with E-state index in [1.807, 2.05) is 13.8 Å². The maximum absolute atomic E-state index is 14.1. The van der Waals surface area contributed by atoms with Crippen LogP contribution < -0.4 is 22.1 Å². The Labute approximate surface area is 230 Å². The van der Waals surface area contributed by atoms with Gasteiger partial charge in [0.05, 0.1) is 11.4 Å². The Balaban J connectivity index is 0.000000528. The van der Waals surface area contributed by atoms with E-state index in [-0.39, 0.29) is 16.8 Å². The summed E-state index contributed by atoms with van der Waals surface area (Å²) in [6, 6.07) is 0. The fourth-order valence-electron chi connectivity index (χ4n) is 4.14. The van der Waals surface area contributed by atoms with E-state index in [9.17, 15) is 18.0 Å². The van der Waals surface area contributed by atoms with Gasteiger partial charge in [0, 0.05) is 36.1 Å². The van der Waals surface area contributed by atoms with Crippen LogP contribution in [-0.2, 0) is 4.79 Å². The van der Waals surface area contributed by atoms with Gasteiger partial charge < -0.3 is 32.1 Å². The van der Waals surface area contributed by atoms with E-state index >= 15 is 0 Å². The Morgan fingerprint density at radius 1 is 1.41 bits per heavy atom. The molecule has 218 valence electrons. The van der Waals surface area contributed by atoms with Crippen molar-refractivity contribution in [2.24, 2.45) is 22.8 Å². The molecule has 1 fully saturated rings. The molecule has 1 aliphatic carbocycles. The number of hydrogen-bond donors (Lipinski definition) is 5. The SMILES string of the molecule is C=C(/C=C(\N)NCC1(CC)CCC1)N1C=C(F)C=C(C(C)C(C)(F)F)C1=C.CC.NC1NC=CC=C1C(=O)O. The number of hydrogen-bond acceptors (Lipinski definition) is 6. The molecular formula is C29H44F3N5O2. The molecule has 0 aromatic rings. The number of alkyl halides is 2. The Hall–Kier alpha value is -3.40. The van der Waals surface area contributed by atoms with Crippen LogP contribution in [0.2, 0.25) is 0 Å². The molecule has 0 bridgehead atoms. The number of carboxylic acids is 1. The summed E-state index contributed by atoms with van der Waals surface area (Å²) in [6.45, 7) is 16.9. The highest BCUT2D eigenvalue weighted by Crippen LogP contribution is 2.43. The number of halogens is 3. The fourth-order valence-corrected chi connectivity index (χ4v) is 4.14. The molecule has 3 aliphatic rings. The third-order valence-corrected chi connectivity index (χ3v) is 7.09. The fraction of sp³-hybridized carbons (Fsp3) is 0.483. The lowest BCUT2D eigenvalue weighted by molar-refractivity contribution is -0.133. The van der Waals surface area contributed by atoms with Crippen LogP contribution in [0.1, 0.15) is 60.3 Å². The monoisotopic (exact) mass is 551 g/mol. The maximum Gasteiger partial charge on any atom is 0.335 e. The van der Waals surface area contributed by atoms with Crippen LogP contribution >= 0.6 is 0 Å². The van der Waals surface area contributed by atoms with E-state index in [1.165, 1.54) is 43.4 Å². The molecule has 3 rings (SSSR count). The number of carbonyl (C=O) groups is 1. The van der Waals surface area contributed by atoms with Gasteiger partial charge in [-0.2, -0.15) is 0 Å². The van der Waals surface area contributed by atoms with Gasteiger partial charge in [-0.05, 0) is 61.6 Å². The summed E-state index contributed by atoms with van der Waals surface area (Å²) in [7, 11) is 0. The van der Waals surface area contributed by atoms with Crippen molar-refractivity contribution >= 4 is 5.97 Å². The van der Waals surface area contributed by atoms with Gasteiger partial charge in [0.15, 0.2) is 0 Å². The van der Waals surface area contributed by atoms with Crippen LogP contribution in [0.25, 0.3) is 0 Å². The summed E-state index contributed by atoms with van der Waals surface area (Å²) >= 11 is 0. The van der Waals surface area contributed by atoms with Crippen LogP contribution in [-0.4, -0.2) is 34.6 Å². The van der Waals surface area contributed by atoms with Gasteiger partial charge in [0.25, 0.3) is 5.92 Å². The normalized spacial score (nSPS) is 20.8. The molecule has 0 saturated heterocycles. The number of dihydropyridines is 1. The number of aliphatic carboxylic acids is 1. The summed E-state index contributed by atoms with van der Waals surface area (Å²) in [5.41, 5.74) is 12.7. The number of nitrogens with zero attached hydrogens (tertiary/aromatic N) is 1. The average Bonchev–Trinajstić information content (AvgIpc) is 2.85. The molecule has 0 amide bonds. The average molecular weight is 552 g/mol. The maximum atomic E-state index is 14.1. The first-order chi connectivity index (χ1) is 18.2.